The lowest BCUT2D eigenvalue weighted by Crippen LogP contribution is -2.56. The van der Waals surface area contributed by atoms with E-state index in [1.807, 2.05) is 38.1 Å². The van der Waals surface area contributed by atoms with Crippen LogP contribution in [0.15, 0.2) is 36.5 Å². The highest BCUT2D eigenvalue weighted by Crippen LogP contribution is 2.21. The number of aromatic nitrogens is 1. The fourth-order valence-corrected chi connectivity index (χ4v) is 2.47. The van der Waals surface area contributed by atoms with Gasteiger partial charge in [0, 0.05) is 17.8 Å². The van der Waals surface area contributed by atoms with E-state index in [9.17, 15) is 4.79 Å². The van der Waals surface area contributed by atoms with Gasteiger partial charge in [0.25, 0.3) is 5.91 Å². The molecule has 0 aliphatic carbocycles. The van der Waals surface area contributed by atoms with Gasteiger partial charge in [0.15, 0.2) is 0 Å². The van der Waals surface area contributed by atoms with Crippen molar-refractivity contribution in [3.8, 4) is 11.8 Å². The lowest BCUT2D eigenvalue weighted by Gasteiger charge is -2.39. The predicted octanol–water partition coefficient (Wildman–Crippen LogP) is 2.47. The van der Waals surface area contributed by atoms with Crippen molar-refractivity contribution in [2.45, 2.75) is 20.0 Å². The Morgan fingerprint density at radius 2 is 2.04 bits per heavy atom. The van der Waals surface area contributed by atoms with E-state index in [1.54, 1.807) is 23.2 Å². The number of carbonyl (C=O) groups excluding carboxylic acids is 1. The number of rotatable bonds is 3. The molecule has 0 atom stereocenters. The molecule has 1 aliphatic heterocycles. The molecule has 1 aliphatic rings. The van der Waals surface area contributed by atoms with Gasteiger partial charge in [-0.1, -0.05) is 6.07 Å². The third kappa shape index (κ3) is 3.16. The number of likely N-dealkylation sites (tertiary alicyclic amines) is 1. The lowest BCUT2D eigenvalue weighted by molar-refractivity contribution is 0.0177. The highest BCUT2D eigenvalue weighted by atomic mass is 16.5. The predicted molar refractivity (Wildman–Crippen MR) is 85.2 cm³/mol. The highest BCUT2D eigenvalue weighted by Gasteiger charge is 2.32. The van der Waals surface area contributed by atoms with E-state index >= 15 is 0 Å². The molecule has 1 aromatic carbocycles. The molecule has 23 heavy (non-hydrogen) atoms. The fourth-order valence-electron chi connectivity index (χ4n) is 2.47. The number of ether oxygens (including phenoxy) is 1. The van der Waals surface area contributed by atoms with Crippen molar-refractivity contribution in [1.82, 2.24) is 9.88 Å². The Kier molecular flexibility index (Phi) is 3.98. The lowest BCUT2D eigenvalue weighted by atomic mass is 10.0. The molecule has 1 aromatic heterocycles. The van der Waals surface area contributed by atoms with E-state index in [1.165, 1.54) is 5.56 Å². The first kappa shape index (κ1) is 15.0. The molecular formula is C18H17N3O2. The first-order valence-electron chi connectivity index (χ1n) is 7.46. The molecule has 5 heteroatoms. The van der Waals surface area contributed by atoms with Gasteiger partial charge in [0.2, 0.25) is 0 Å². The summed E-state index contributed by atoms with van der Waals surface area (Å²) >= 11 is 0. The zero-order chi connectivity index (χ0) is 16.4. The van der Waals surface area contributed by atoms with Crippen LogP contribution in [0.3, 0.4) is 0 Å². The van der Waals surface area contributed by atoms with Crippen LogP contribution >= 0.6 is 0 Å². The van der Waals surface area contributed by atoms with Gasteiger partial charge in [0.1, 0.15) is 23.6 Å². The van der Waals surface area contributed by atoms with Gasteiger partial charge >= 0.3 is 0 Å². The van der Waals surface area contributed by atoms with Crippen molar-refractivity contribution in [2.75, 3.05) is 13.1 Å². The Bertz CT molecular complexity index is 789. The quantitative estimate of drug-likeness (QED) is 0.873. The second kappa shape index (κ2) is 6.09. The van der Waals surface area contributed by atoms with Crippen LogP contribution in [0.25, 0.3) is 0 Å². The largest absolute Gasteiger partial charge is 0.487 e. The molecule has 0 radical (unpaired) electrons. The summed E-state index contributed by atoms with van der Waals surface area (Å²) in [6, 6.07) is 11.1. The Morgan fingerprint density at radius 3 is 2.74 bits per heavy atom. The summed E-state index contributed by atoms with van der Waals surface area (Å²) in [6.45, 7) is 5.14. The average Bonchev–Trinajstić information content (AvgIpc) is 2.52. The molecule has 2 heterocycles. The second-order valence-corrected chi connectivity index (χ2v) is 5.74. The van der Waals surface area contributed by atoms with Crippen LogP contribution in [0.5, 0.6) is 5.75 Å². The third-order valence-electron chi connectivity index (χ3n) is 4.04. The maximum absolute atomic E-state index is 12.4. The van der Waals surface area contributed by atoms with Gasteiger partial charge in [-0.3, -0.25) is 4.79 Å². The monoisotopic (exact) mass is 307 g/mol. The molecule has 1 fully saturated rings. The van der Waals surface area contributed by atoms with E-state index in [4.69, 9.17) is 10.00 Å². The van der Waals surface area contributed by atoms with Crippen molar-refractivity contribution in [3.05, 3.63) is 58.9 Å². The van der Waals surface area contributed by atoms with E-state index in [2.05, 4.69) is 4.98 Å². The van der Waals surface area contributed by atoms with Gasteiger partial charge in [-0.05, 0) is 43.2 Å². The number of nitriles is 1. The van der Waals surface area contributed by atoms with Crippen LogP contribution in [-0.2, 0) is 0 Å². The number of nitrogens with zero attached hydrogens (tertiary/aromatic N) is 3. The fraction of sp³-hybridized carbons (Fsp3) is 0.278. The maximum atomic E-state index is 12.4. The summed E-state index contributed by atoms with van der Waals surface area (Å²) in [5.74, 6) is 0.639. The molecule has 0 bridgehead atoms. The number of benzene rings is 1. The topological polar surface area (TPSA) is 66.2 Å². The van der Waals surface area contributed by atoms with Gasteiger partial charge in [-0.25, -0.2) is 4.98 Å². The van der Waals surface area contributed by atoms with E-state index < -0.39 is 0 Å². The number of aryl methyl sites for hydroxylation is 2. The van der Waals surface area contributed by atoms with Crippen LogP contribution in [0.1, 0.15) is 27.2 Å². The van der Waals surface area contributed by atoms with Gasteiger partial charge in [-0.15, -0.1) is 0 Å². The van der Waals surface area contributed by atoms with Crippen molar-refractivity contribution < 1.29 is 9.53 Å². The molecular weight excluding hydrogens is 290 g/mol. The zero-order valence-corrected chi connectivity index (χ0v) is 13.1. The van der Waals surface area contributed by atoms with Crippen LogP contribution < -0.4 is 4.74 Å². The maximum Gasteiger partial charge on any atom is 0.254 e. The molecule has 3 rings (SSSR count). The Hall–Kier alpha value is -2.87. The average molecular weight is 307 g/mol. The minimum Gasteiger partial charge on any atom is -0.487 e. The molecule has 1 amide bonds. The Balaban J connectivity index is 1.59. The van der Waals surface area contributed by atoms with E-state index in [0.29, 0.717) is 30.1 Å². The smallest absolute Gasteiger partial charge is 0.254 e. The van der Waals surface area contributed by atoms with Crippen LogP contribution in [0.2, 0.25) is 0 Å². The number of hydrogen-bond donors (Lipinski definition) is 0. The first-order chi connectivity index (χ1) is 11.1. The van der Waals surface area contributed by atoms with Crippen molar-refractivity contribution >= 4 is 5.91 Å². The molecule has 0 N–H and O–H groups in total. The molecule has 5 nitrogen and oxygen atoms in total. The summed E-state index contributed by atoms with van der Waals surface area (Å²) < 4.78 is 5.77. The molecule has 0 spiro atoms. The second-order valence-electron chi connectivity index (χ2n) is 5.74. The van der Waals surface area contributed by atoms with Gasteiger partial charge < -0.3 is 9.64 Å². The number of carbonyl (C=O) groups is 1. The van der Waals surface area contributed by atoms with Crippen molar-refractivity contribution in [3.63, 3.8) is 0 Å². The van der Waals surface area contributed by atoms with Crippen molar-refractivity contribution in [2.24, 2.45) is 0 Å². The number of amides is 1. The van der Waals surface area contributed by atoms with Gasteiger partial charge in [0.05, 0.1) is 13.1 Å². The first-order valence-corrected chi connectivity index (χ1v) is 7.46. The summed E-state index contributed by atoms with van der Waals surface area (Å²) in [5.41, 5.74) is 3.33. The molecule has 2 aromatic rings. The van der Waals surface area contributed by atoms with Crippen molar-refractivity contribution in [1.29, 1.82) is 5.26 Å². The normalized spacial score (nSPS) is 14.0. The van der Waals surface area contributed by atoms with Gasteiger partial charge in [-0.2, -0.15) is 5.26 Å². The zero-order valence-electron chi connectivity index (χ0n) is 13.1. The minimum absolute atomic E-state index is 0.0281. The van der Waals surface area contributed by atoms with E-state index in [-0.39, 0.29) is 12.0 Å². The Labute approximate surface area is 135 Å². The van der Waals surface area contributed by atoms with Crippen LogP contribution in [0.4, 0.5) is 0 Å². The standard InChI is InChI=1S/C18H17N3O2/c1-12-3-4-14(7-13(12)2)18(22)21-10-17(11-21)23-16-5-6-20-15(8-16)9-19/h3-8,17H,10-11H2,1-2H3. The third-order valence-corrected chi connectivity index (χ3v) is 4.04. The summed E-state index contributed by atoms with van der Waals surface area (Å²) in [4.78, 5) is 18.1. The van der Waals surface area contributed by atoms with E-state index in [0.717, 1.165) is 5.56 Å². The SMILES string of the molecule is Cc1ccc(C(=O)N2CC(Oc3ccnc(C#N)c3)C2)cc1C. The molecule has 116 valence electrons. The highest BCUT2D eigenvalue weighted by molar-refractivity contribution is 5.95. The molecule has 0 unspecified atom stereocenters. The van der Waals surface area contributed by atoms with Crippen LogP contribution in [0, 0.1) is 25.2 Å². The number of pyridine rings is 1. The summed E-state index contributed by atoms with van der Waals surface area (Å²) in [5, 5.41) is 8.83. The summed E-state index contributed by atoms with van der Waals surface area (Å²) in [7, 11) is 0. The summed E-state index contributed by atoms with van der Waals surface area (Å²) in [6.07, 6.45) is 1.50. The molecule has 0 saturated carbocycles. The Morgan fingerprint density at radius 1 is 1.26 bits per heavy atom. The number of hydrogen-bond acceptors (Lipinski definition) is 4. The minimum atomic E-state index is -0.0422. The van der Waals surface area contributed by atoms with Crippen LogP contribution in [-0.4, -0.2) is 35.0 Å². The molecule has 1 saturated heterocycles.